The van der Waals surface area contributed by atoms with Crippen molar-refractivity contribution in [2.45, 2.75) is 32.1 Å². The van der Waals surface area contributed by atoms with Gasteiger partial charge in [-0.15, -0.1) is 0 Å². The lowest BCUT2D eigenvalue weighted by Crippen LogP contribution is -2.40. The van der Waals surface area contributed by atoms with Crippen molar-refractivity contribution in [3.63, 3.8) is 0 Å². The Labute approximate surface area is 176 Å². The zero-order valence-corrected chi connectivity index (χ0v) is 17.1. The first-order valence-corrected chi connectivity index (χ1v) is 10.1. The molecule has 2 aromatic rings. The number of piperidine rings is 1. The number of halogens is 2. The molecule has 2 atom stereocenters. The van der Waals surface area contributed by atoms with Gasteiger partial charge in [0.1, 0.15) is 11.6 Å². The van der Waals surface area contributed by atoms with Crippen LogP contribution in [0.4, 0.5) is 21.8 Å². The van der Waals surface area contributed by atoms with Gasteiger partial charge in [0.05, 0.1) is 16.5 Å². The van der Waals surface area contributed by atoms with Crippen LogP contribution in [0, 0.1) is 11.7 Å². The van der Waals surface area contributed by atoms with Crippen LogP contribution >= 0.6 is 11.6 Å². The number of aromatic amines is 1. The van der Waals surface area contributed by atoms with Crippen molar-refractivity contribution in [3.05, 3.63) is 45.0 Å². The van der Waals surface area contributed by atoms with Crippen LogP contribution in [-0.2, 0) is 9.59 Å². The average molecular weight is 434 g/mol. The highest BCUT2D eigenvalue weighted by Crippen LogP contribution is 2.31. The first-order valence-electron chi connectivity index (χ1n) is 9.76. The normalized spacial score (nSPS) is 21.0. The molecule has 0 aliphatic carbocycles. The van der Waals surface area contributed by atoms with Crippen LogP contribution in [0.3, 0.4) is 0 Å². The highest BCUT2D eigenvalue weighted by Gasteiger charge is 2.35. The second-order valence-electron chi connectivity index (χ2n) is 7.77. The molecule has 10 heteroatoms. The lowest BCUT2D eigenvalue weighted by Gasteiger charge is -2.32. The molecule has 0 saturated carbocycles. The Morgan fingerprint density at radius 1 is 1.37 bits per heavy atom. The molecular formula is C20H21ClFN5O3. The summed E-state index contributed by atoms with van der Waals surface area (Å²) in [5.41, 5.74) is -0.0955. The molecule has 3 heterocycles. The summed E-state index contributed by atoms with van der Waals surface area (Å²) in [6.07, 6.45) is 1.90. The number of hydrogen-bond acceptors (Lipinski definition) is 5. The van der Waals surface area contributed by atoms with Crippen LogP contribution in [0.2, 0.25) is 5.02 Å². The standard InChI is InChI=1S/C20H21ClFN5O3/c1-10-3-2-6-27(9-10)20-25-17-16(19(30)26-20)12(8-15(28)24-17)18(29)23-11-4-5-14(22)13(21)7-11/h4-5,7,10,12H,2-3,6,8-9H2,1H3,(H,23,29)(H2,24,25,26,28,30). The summed E-state index contributed by atoms with van der Waals surface area (Å²) < 4.78 is 13.4. The van der Waals surface area contributed by atoms with E-state index in [1.165, 1.54) is 12.1 Å². The van der Waals surface area contributed by atoms with Gasteiger partial charge in [-0.2, -0.15) is 4.98 Å². The first-order chi connectivity index (χ1) is 14.3. The summed E-state index contributed by atoms with van der Waals surface area (Å²) in [5, 5.41) is 5.06. The lowest BCUT2D eigenvalue weighted by atomic mass is 9.92. The fraction of sp³-hybridized carbons (Fsp3) is 0.400. The monoisotopic (exact) mass is 433 g/mol. The van der Waals surface area contributed by atoms with E-state index in [2.05, 4.69) is 27.5 Å². The average Bonchev–Trinajstić information content (AvgIpc) is 2.69. The molecule has 2 amide bonds. The van der Waals surface area contributed by atoms with Crippen LogP contribution in [0.15, 0.2) is 23.0 Å². The van der Waals surface area contributed by atoms with Gasteiger partial charge < -0.3 is 15.5 Å². The predicted molar refractivity (Wildman–Crippen MR) is 111 cm³/mol. The Morgan fingerprint density at radius 2 is 2.17 bits per heavy atom. The third kappa shape index (κ3) is 4.02. The quantitative estimate of drug-likeness (QED) is 0.690. The number of rotatable bonds is 3. The van der Waals surface area contributed by atoms with Gasteiger partial charge in [0.25, 0.3) is 5.56 Å². The van der Waals surface area contributed by atoms with Crippen molar-refractivity contribution in [2.24, 2.45) is 5.92 Å². The molecule has 3 N–H and O–H groups in total. The second-order valence-corrected chi connectivity index (χ2v) is 8.18. The maximum atomic E-state index is 13.4. The molecule has 8 nitrogen and oxygen atoms in total. The summed E-state index contributed by atoms with van der Waals surface area (Å²) >= 11 is 5.75. The Bertz CT molecular complexity index is 1070. The Morgan fingerprint density at radius 3 is 2.90 bits per heavy atom. The number of H-pyrrole nitrogens is 1. The van der Waals surface area contributed by atoms with Gasteiger partial charge in [-0.05, 0) is 37.0 Å². The molecule has 1 aromatic heterocycles. The molecule has 30 heavy (non-hydrogen) atoms. The maximum Gasteiger partial charge on any atom is 0.258 e. The molecule has 2 aliphatic rings. The Kier molecular flexibility index (Phi) is 5.46. The minimum atomic E-state index is -1.02. The number of anilines is 3. The number of carbonyl (C=O) groups is 2. The topological polar surface area (TPSA) is 107 Å². The highest BCUT2D eigenvalue weighted by molar-refractivity contribution is 6.31. The van der Waals surface area contributed by atoms with Crippen molar-refractivity contribution in [3.8, 4) is 0 Å². The van der Waals surface area contributed by atoms with E-state index in [1.807, 2.05) is 4.90 Å². The van der Waals surface area contributed by atoms with Gasteiger partial charge in [-0.1, -0.05) is 18.5 Å². The summed E-state index contributed by atoms with van der Waals surface area (Å²) in [4.78, 5) is 47.1. The molecule has 2 unspecified atom stereocenters. The minimum absolute atomic E-state index is 0.0977. The molecule has 1 saturated heterocycles. The maximum absolute atomic E-state index is 13.4. The predicted octanol–water partition coefficient (Wildman–Crippen LogP) is 2.86. The second kappa shape index (κ2) is 8.06. The van der Waals surface area contributed by atoms with Crippen LogP contribution < -0.4 is 21.1 Å². The van der Waals surface area contributed by atoms with Gasteiger partial charge in [-0.25, -0.2) is 4.39 Å². The number of hydrogen-bond donors (Lipinski definition) is 3. The molecule has 0 spiro atoms. The van der Waals surface area contributed by atoms with E-state index in [-0.39, 0.29) is 28.5 Å². The van der Waals surface area contributed by atoms with Crippen molar-refractivity contribution in [1.29, 1.82) is 0 Å². The number of amides is 2. The molecule has 158 valence electrons. The fourth-order valence-electron chi connectivity index (χ4n) is 3.92. The van der Waals surface area contributed by atoms with Crippen molar-refractivity contribution >= 4 is 40.9 Å². The number of fused-ring (bicyclic) bond motifs is 1. The van der Waals surface area contributed by atoms with E-state index in [9.17, 15) is 18.8 Å². The van der Waals surface area contributed by atoms with Crippen LogP contribution in [0.5, 0.6) is 0 Å². The molecule has 1 aromatic carbocycles. The number of nitrogens with one attached hydrogen (secondary N) is 3. The Balaban J connectivity index is 1.64. The molecule has 4 rings (SSSR count). The number of benzene rings is 1. The third-order valence-electron chi connectivity index (χ3n) is 5.40. The van der Waals surface area contributed by atoms with Crippen LogP contribution in [0.25, 0.3) is 0 Å². The van der Waals surface area contributed by atoms with Crippen molar-refractivity contribution in [1.82, 2.24) is 9.97 Å². The molecule has 0 radical (unpaired) electrons. The van der Waals surface area contributed by atoms with E-state index in [1.54, 1.807) is 0 Å². The Hall–Kier alpha value is -2.94. The van der Waals surface area contributed by atoms with E-state index in [4.69, 9.17) is 11.6 Å². The fourth-order valence-corrected chi connectivity index (χ4v) is 4.10. The van der Waals surface area contributed by atoms with Crippen molar-refractivity contribution in [2.75, 3.05) is 28.6 Å². The van der Waals surface area contributed by atoms with E-state index < -0.39 is 29.1 Å². The van der Waals surface area contributed by atoms with Crippen LogP contribution in [-0.4, -0.2) is 34.9 Å². The highest BCUT2D eigenvalue weighted by atomic mass is 35.5. The molecule has 0 bridgehead atoms. The zero-order chi connectivity index (χ0) is 21.4. The van der Waals surface area contributed by atoms with Gasteiger partial charge in [0, 0.05) is 25.2 Å². The summed E-state index contributed by atoms with van der Waals surface area (Å²) in [6.45, 7) is 3.65. The van der Waals surface area contributed by atoms with Gasteiger partial charge in [-0.3, -0.25) is 19.4 Å². The largest absolute Gasteiger partial charge is 0.342 e. The number of carbonyl (C=O) groups excluding carboxylic acids is 2. The van der Waals surface area contributed by atoms with Gasteiger partial charge in [0.2, 0.25) is 17.8 Å². The SMILES string of the molecule is CC1CCCN(c2nc3c(c(=O)[nH]2)C(C(=O)Nc2ccc(F)c(Cl)c2)CC(=O)N3)C1. The molecule has 1 fully saturated rings. The van der Waals surface area contributed by atoms with E-state index in [0.717, 1.165) is 32.0 Å². The number of aromatic nitrogens is 2. The van der Waals surface area contributed by atoms with E-state index >= 15 is 0 Å². The first kappa shape index (κ1) is 20.3. The summed E-state index contributed by atoms with van der Waals surface area (Å²) in [7, 11) is 0. The van der Waals surface area contributed by atoms with Crippen LogP contribution in [0.1, 0.15) is 37.7 Å². The smallest absolute Gasteiger partial charge is 0.258 e. The number of nitrogens with zero attached hydrogens (tertiary/aromatic N) is 2. The third-order valence-corrected chi connectivity index (χ3v) is 5.69. The van der Waals surface area contributed by atoms with Gasteiger partial charge in [0.15, 0.2) is 0 Å². The molecule has 2 aliphatic heterocycles. The molecular weight excluding hydrogens is 413 g/mol. The lowest BCUT2D eigenvalue weighted by molar-refractivity contribution is -0.123. The van der Waals surface area contributed by atoms with E-state index in [0.29, 0.717) is 11.9 Å². The van der Waals surface area contributed by atoms with Crippen molar-refractivity contribution < 1.29 is 14.0 Å². The summed E-state index contributed by atoms with van der Waals surface area (Å²) in [6, 6.07) is 3.74. The zero-order valence-electron chi connectivity index (χ0n) is 16.3. The summed E-state index contributed by atoms with van der Waals surface area (Å²) in [5.74, 6) is -1.66. The van der Waals surface area contributed by atoms with Gasteiger partial charge >= 0.3 is 0 Å². The minimum Gasteiger partial charge on any atom is -0.342 e.